The van der Waals surface area contributed by atoms with Crippen molar-refractivity contribution in [2.45, 2.75) is 0 Å². The van der Waals surface area contributed by atoms with Gasteiger partial charge in [-0.05, 0) is 12.1 Å². The number of rotatable bonds is 3. The Kier molecular flexibility index (Phi) is 3.22. The summed E-state index contributed by atoms with van der Waals surface area (Å²) in [5.74, 6) is -3.02. The average Bonchev–Trinajstić information content (AvgIpc) is 2.13. The van der Waals surface area contributed by atoms with Crippen molar-refractivity contribution in [1.82, 2.24) is 0 Å². The topological polar surface area (TPSA) is 58.5 Å². The fraction of sp³-hybridized carbons (Fsp3) is 0.125. The van der Waals surface area contributed by atoms with Crippen molar-refractivity contribution < 1.29 is 13.6 Å². The summed E-state index contributed by atoms with van der Waals surface area (Å²) in [5.41, 5.74) is -0.307. The van der Waals surface area contributed by atoms with Crippen LogP contribution in [0.2, 0.25) is 0 Å². The Morgan fingerprint density at radius 3 is 2.79 bits per heavy atom. The minimum absolute atomic E-state index is 0.307. The predicted molar refractivity (Wildman–Crippen MR) is 45.6 cm³/mol. The third-order valence-electron chi connectivity index (χ3n) is 1.43. The van der Waals surface area contributed by atoms with Gasteiger partial charge in [-0.1, -0.05) is 11.2 Å². The molecule has 74 valence electrons. The molecule has 0 aliphatic carbocycles. The number of nitrogens with zero attached hydrogens (tertiary/aromatic N) is 1. The SMILES string of the molecule is O=NCC(=O)Nc1cccc(F)c1F. The number of carbonyl (C=O) groups excluding carboxylic acids is 1. The molecule has 0 radical (unpaired) electrons. The van der Waals surface area contributed by atoms with Gasteiger partial charge in [0.05, 0.1) is 5.69 Å². The van der Waals surface area contributed by atoms with Gasteiger partial charge in [-0.25, -0.2) is 8.78 Å². The number of carbonyl (C=O) groups is 1. The zero-order valence-corrected chi connectivity index (χ0v) is 6.96. The van der Waals surface area contributed by atoms with Crippen LogP contribution in [0.1, 0.15) is 0 Å². The van der Waals surface area contributed by atoms with E-state index in [2.05, 4.69) is 5.18 Å². The minimum Gasteiger partial charge on any atom is -0.322 e. The van der Waals surface area contributed by atoms with Gasteiger partial charge in [0.25, 0.3) is 0 Å². The van der Waals surface area contributed by atoms with Crippen molar-refractivity contribution in [3.05, 3.63) is 34.7 Å². The lowest BCUT2D eigenvalue weighted by Gasteiger charge is -2.03. The van der Waals surface area contributed by atoms with Gasteiger partial charge in [0.2, 0.25) is 5.91 Å². The normalized spacial score (nSPS) is 9.57. The molecular formula is C8H6F2N2O2. The third-order valence-corrected chi connectivity index (χ3v) is 1.43. The molecule has 1 aromatic carbocycles. The molecule has 0 aliphatic rings. The number of amides is 1. The van der Waals surface area contributed by atoms with E-state index in [9.17, 15) is 18.5 Å². The van der Waals surface area contributed by atoms with Gasteiger partial charge < -0.3 is 5.32 Å². The maximum atomic E-state index is 12.9. The lowest BCUT2D eigenvalue weighted by molar-refractivity contribution is -0.114. The summed E-state index contributed by atoms with van der Waals surface area (Å²) in [6.07, 6.45) is 0. The first-order valence-corrected chi connectivity index (χ1v) is 3.68. The number of halogens is 2. The molecule has 1 amide bonds. The number of hydrogen-bond acceptors (Lipinski definition) is 3. The van der Waals surface area contributed by atoms with Crippen LogP contribution in [0.15, 0.2) is 23.4 Å². The number of benzene rings is 1. The third kappa shape index (κ3) is 2.32. The molecule has 1 aromatic rings. The molecule has 0 unspecified atom stereocenters. The Balaban J connectivity index is 2.81. The molecule has 6 heteroatoms. The first kappa shape index (κ1) is 10.2. The summed E-state index contributed by atoms with van der Waals surface area (Å²) in [6, 6.07) is 3.34. The van der Waals surface area contributed by atoms with E-state index in [0.717, 1.165) is 6.07 Å². The highest BCUT2D eigenvalue weighted by atomic mass is 19.2. The van der Waals surface area contributed by atoms with Gasteiger partial charge in [-0.3, -0.25) is 4.79 Å². The second-order valence-electron chi connectivity index (χ2n) is 2.44. The molecule has 0 spiro atoms. The molecule has 4 nitrogen and oxygen atoms in total. The minimum atomic E-state index is -1.16. The largest absolute Gasteiger partial charge is 0.322 e. The summed E-state index contributed by atoms with van der Waals surface area (Å²) >= 11 is 0. The van der Waals surface area contributed by atoms with Gasteiger partial charge in [0.15, 0.2) is 18.2 Å². The van der Waals surface area contributed by atoms with Crippen LogP contribution in [0.3, 0.4) is 0 Å². The van der Waals surface area contributed by atoms with Crippen molar-refractivity contribution in [2.24, 2.45) is 5.18 Å². The Morgan fingerprint density at radius 2 is 2.14 bits per heavy atom. The van der Waals surface area contributed by atoms with Gasteiger partial charge in [-0.2, -0.15) is 4.91 Å². The number of nitrogens with one attached hydrogen (secondary N) is 1. The molecule has 0 atom stereocenters. The molecule has 0 fully saturated rings. The Morgan fingerprint density at radius 1 is 1.43 bits per heavy atom. The lowest BCUT2D eigenvalue weighted by atomic mass is 10.3. The number of anilines is 1. The van der Waals surface area contributed by atoms with Crippen LogP contribution in [-0.4, -0.2) is 12.5 Å². The van der Waals surface area contributed by atoms with Crippen LogP contribution in [0.25, 0.3) is 0 Å². The van der Waals surface area contributed by atoms with Gasteiger partial charge in [0.1, 0.15) is 0 Å². The smallest absolute Gasteiger partial charge is 0.249 e. The summed E-state index contributed by atoms with van der Waals surface area (Å²) in [7, 11) is 0. The van der Waals surface area contributed by atoms with E-state index in [-0.39, 0.29) is 5.69 Å². The Bertz CT molecular complexity index is 368. The monoisotopic (exact) mass is 200 g/mol. The van der Waals surface area contributed by atoms with Crippen molar-refractivity contribution in [3.63, 3.8) is 0 Å². The highest BCUT2D eigenvalue weighted by Crippen LogP contribution is 2.16. The van der Waals surface area contributed by atoms with Crippen LogP contribution in [0.5, 0.6) is 0 Å². The first-order valence-electron chi connectivity index (χ1n) is 3.68. The standard InChI is InChI=1S/C8H6F2N2O2/c9-5-2-1-3-6(8(5)10)12-7(13)4-11-14/h1-3H,4H2,(H,12,13). The van der Waals surface area contributed by atoms with Gasteiger partial charge >= 0.3 is 0 Å². The lowest BCUT2D eigenvalue weighted by Crippen LogP contribution is -2.15. The molecule has 0 aliphatic heterocycles. The number of hydrogen-bond donors (Lipinski definition) is 1. The highest BCUT2D eigenvalue weighted by molar-refractivity contribution is 5.92. The van der Waals surface area contributed by atoms with Crippen molar-refractivity contribution in [1.29, 1.82) is 0 Å². The van der Waals surface area contributed by atoms with Crippen LogP contribution in [-0.2, 0) is 4.79 Å². The highest BCUT2D eigenvalue weighted by Gasteiger charge is 2.09. The summed E-state index contributed by atoms with van der Waals surface area (Å²) in [5, 5.41) is 4.31. The van der Waals surface area contributed by atoms with Crippen molar-refractivity contribution in [2.75, 3.05) is 11.9 Å². The first-order chi connectivity index (χ1) is 6.65. The predicted octanol–water partition coefficient (Wildman–Crippen LogP) is 1.67. The van der Waals surface area contributed by atoms with E-state index in [0.29, 0.717) is 0 Å². The van der Waals surface area contributed by atoms with E-state index in [1.165, 1.54) is 12.1 Å². The van der Waals surface area contributed by atoms with Gasteiger partial charge in [-0.15, -0.1) is 0 Å². The Labute approximate surface area is 77.9 Å². The van der Waals surface area contributed by atoms with Gasteiger partial charge in [0, 0.05) is 0 Å². The van der Waals surface area contributed by atoms with E-state index in [4.69, 9.17) is 0 Å². The number of nitroso groups, excluding NO2 is 1. The second kappa shape index (κ2) is 4.40. The molecule has 1 rings (SSSR count). The fourth-order valence-electron chi connectivity index (χ4n) is 0.849. The summed E-state index contributed by atoms with van der Waals surface area (Å²) < 4.78 is 25.5. The average molecular weight is 200 g/mol. The van der Waals surface area contributed by atoms with Crippen LogP contribution >= 0.6 is 0 Å². The van der Waals surface area contributed by atoms with Crippen molar-refractivity contribution in [3.8, 4) is 0 Å². The van der Waals surface area contributed by atoms with Crippen LogP contribution in [0.4, 0.5) is 14.5 Å². The molecule has 0 heterocycles. The molecule has 1 N–H and O–H groups in total. The summed E-state index contributed by atoms with van der Waals surface area (Å²) in [4.78, 5) is 20.5. The molecular weight excluding hydrogens is 194 g/mol. The molecule has 0 bridgehead atoms. The molecule has 14 heavy (non-hydrogen) atoms. The van der Waals surface area contributed by atoms with E-state index in [1.54, 1.807) is 0 Å². The molecule has 0 saturated carbocycles. The molecule has 0 aromatic heterocycles. The zero-order valence-electron chi connectivity index (χ0n) is 6.96. The maximum Gasteiger partial charge on any atom is 0.249 e. The maximum absolute atomic E-state index is 12.9. The molecule has 0 saturated heterocycles. The van der Waals surface area contributed by atoms with Crippen molar-refractivity contribution >= 4 is 11.6 Å². The van der Waals surface area contributed by atoms with E-state index >= 15 is 0 Å². The quantitative estimate of drug-likeness (QED) is 0.754. The Hall–Kier alpha value is -1.85. The van der Waals surface area contributed by atoms with Crippen LogP contribution in [0, 0.1) is 16.5 Å². The van der Waals surface area contributed by atoms with Crippen LogP contribution < -0.4 is 5.32 Å². The van der Waals surface area contributed by atoms with E-state index in [1.807, 2.05) is 5.32 Å². The second-order valence-corrected chi connectivity index (χ2v) is 2.44. The van der Waals surface area contributed by atoms with E-state index < -0.39 is 24.1 Å². The summed E-state index contributed by atoms with van der Waals surface area (Å²) in [6.45, 7) is -0.629. The fourth-order valence-corrected chi connectivity index (χ4v) is 0.849. The zero-order chi connectivity index (χ0) is 10.6.